The third kappa shape index (κ3) is 3.13. The number of nitrogens with zero attached hydrogens (tertiary/aromatic N) is 1. The van der Waals surface area contributed by atoms with Crippen LogP contribution in [0.3, 0.4) is 0 Å². The van der Waals surface area contributed by atoms with E-state index in [4.69, 9.17) is 16.7 Å². The normalized spacial score (nSPS) is 10.1. The van der Waals surface area contributed by atoms with Crippen molar-refractivity contribution in [3.8, 4) is 0 Å². The van der Waals surface area contributed by atoms with E-state index in [0.717, 1.165) is 5.56 Å². The highest BCUT2D eigenvalue weighted by Crippen LogP contribution is 2.17. The predicted octanol–water partition coefficient (Wildman–Crippen LogP) is 2.99. The third-order valence-corrected chi connectivity index (χ3v) is 2.92. The fourth-order valence-electron chi connectivity index (χ4n) is 1.66. The molecule has 1 aromatic heterocycles. The minimum absolute atomic E-state index is 0.134. The summed E-state index contributed by atoms with van der Waals surface area (Å²) in [6.07, 6.45) is 1.32. The summed E-state index contributed by atoms with van der Waals surface area (Å²) < 4.78 is 0. The Bertz CT molecular complexity index is 686. The van der Waals surface area contributed by atoms with Gasteiger partial charge in [0.15, 0.2) is 0 Å². The number of carbonyl (C=O) groups excluding carboxylic acids is 1. The van der Waals surface area contributed by atoms with E-state index >= 15 is 0 Å². The molecule has 6 heteroatoms. The first-order chi connectivity index (χ1) is 9.47. The van der Waals surface area contributed by atoms with Crippen LogP contribution in [0, 0.1) is 6.92 Å². The summed E-state index contributed by atoms with van der Waals surface area (Å²) in [7, 11) is 0. The van der Waals surface area contributed by atoms with Gasteiger partial charge in [0.1, 0.15) is 5.69 Å². The van der Waals surface area contributed by atoms with Crippen molar-refractivity contribution in [3.63, 3.8) is 0 Å². The number of halogens is 1. The number of nitrogens with one attached hydrogen (secondary N) is 1. The number of carboxylic acid groups (broad SMARTS) is 1. The van der Waals surface area contributed by atoms with Crippen LogP contribution >= 0.6 is 11.6 Å². The fraction of sp³-hybridized carbons (Fsp3) is 0.0714. The van der Waals surface area contributed by atoms with Crippen molar-refractivity contribution in [1.82, 2.24) is 4.98 Å². The third-order valence-electron chi connectivity index (χ3n) is 2.68. The van der Waals surface area contributed by atoms with Gasteiger partial charge >= 0.3 is 5.97 Å². The highest BCUT2D eigenvalue weighted by atomic mass is 35.5. The van der Waals surface area contributed by atoms with Crippen molar-refractivity contribution >= 4 is 29.2 Å². The molecule has 0 fully saturated rings. The van der Waals surface area contributed by atoms with Crippen LogP contribution in [0.25, 0.3) is 0 Å². The Balaban J connectivity index is 2.25. The summed E-state index contributed by atoms with van der Waals surface area (Å²) in [5.74, 6) is -1.51. The van der Waals surface area contributed by atoms with Crippen LogP contribution in [0.2, 0.25) is 5.02 Å². The predicted molar refractivity (Wildman–Crippen MR) is 75.3 cm³/mol. The smallest absolute Gasteiger partial charge is 0.354 e. The second-order valence-corrected chi connectivity index (χ2v) is 4.58. The van der Waals surface area contributed by atoms with Crippen LogP contribution in [-0.2, 0) is 0 Å². The number of aromatic carboxylic acids is 1. The van der Waals surface area contributed by atoms with Crippen molar-refractivity contribution < 1.29 is 14.7 Å². The van der Waals surface area contributed by atoms with E-state index < -0.39 is 5.97 Å². The molecule has 20 heavy (non-hydrogen) atoms. The van der Waals surface area contributed by atoms with Crippen molar-refractivity contribution in [2.24, 2.45) is 0 Å². The number of pyridine rings is 1. The molecule has 0 aliphatic rings. The summed E-state index contributed by atoms with van der Waals surface area (Å²) in [6, 6.07) is 7.81. The summed E-state index contributed by atoms with van der Waals surface area (Å²) in [6.45, 7) is 1.79. The van der Waals surface area contributed by atoms with E-state index in [-0.39, 0.29) is 11.6 Å². The molecule has 0 radical (unpaired) electrons. The molecule has 5 nitrogen and oxygen atoms in total. The summed E-state index contributed by atoms with van der Waals surface area (Å²) in [4.78, 5) is 26.6. The quantitative estimate of drug-likeness (QED) is 0.911. The maximum atomic E-state index is 12.1. The Morgan fingerprint density at radius 2 is 2.00 bits per heavy atom. The second kappa shape index (κ2) is 5.71. The lowest BCUT2D eigenvalue weighted by molar-refractivity contribution is 0.0690. The van der Waals surface area contributed by atoms with E-state index in [9.17, 15) is 9.59 Å². The molecule has 2 N–H and O–H groups in total. The van der Waals surface area contributed by atoms with Crippen LogP contribution in [0.5, 0.6) is 0 Å². The monoisotopic (exact) mass is 290 g/mol. The molecule has 0 aliphatic carbocycles. The van der Waals surface area contributed by atoms with Crippen LogP contribution in [0.1, 0.15) is 26.4 Å². The first-order valence-corrected chi connectivity index (χ1v) is 6.12. The van der Waals surface area contributed by atoms with Gasteiger partial charge in [-0.2, -0.15) is 0 Å². The van der Waals surface area contributed by atoms with Gasteiger partial charge < -0.3 is 10.4 Å². The number of carbonyl (C=O) groups is 2. The molecule has 1 aromatic carbocycles. The molecule has 0 aliphatic heterocycles. The van der Waals surface area contributed by atoms with E-state index in [1.165, 1.54) is 18.3 Å². The second-order valence-electron chi connectivity index (χ2n) is 4.15. The molecule has 0 spiro atoms. The first kappa shape index (κ1) is 14.0. The Hall–Kier alpha value is -2.40. The molecule has 0 saturated heterocycles. The number of aromatic nitrogens is 1. The van der Waals surface area contributed by atoms with Crippen LogP contribution in [0.15, 0.2) is 36.5 Å². The van der Waals surface area contributed by atoms with E-state index in [1.54, 1.807) is 25.1 Å². The summed E-state index contributed by atoms with van der Waals surface area (Å²) in [5.41, 5.74) is 1.44. The zero-order valence-corrected chi connectivity index (χ0v) is 11.3. The largest absolute Gasteiger partial charge is 0.477 e. The lowest BCUT2D eigenvalue weighted by Gasteiger charge is -2.08. The molecular weight excluding hydrogens is 280 g/mol. The van der Waals surface area contributed by atoms with E-state index in [1.807, 2.05) is 0 Å². The van der Waals surface area contributed by atoms with Crippen LogP contribution in [-0.4, -0.2) is 22.0 Å². The Morgan fingerprint density at radius 1 is 1.25 bits per heavy atom. The van der Waals surface area contributed by atoms with Crippen molar-refractivity contribution in [2.75, 3.05) is 5.32 Å². The van der Waals surface area contributed by atoms with Gasteiger partial charge in [-0.05, 0) is 36.8 Å². The van der Waals surface area contributed by atoms with Crippen molar-refractivity contribution in [3.05, 3.63) is 58.4 Å². The Kier molecular flexibility index (Phi) is 4.00. The lowest BCUT2D eigenvalue weighted by Crippen LogP contribution is -2.14. The van der Waals surface area contributed by atoms with Gasteiger partial charge in [-0.25, -0.2) is 9.78 Å². The van der Waals surface area contributed by atoms with Crippen LogP contribution in [0.4, 0.5) is 5.69 Å². The number of carboxylic acids is 1. The number of amides is 1. The maximum Gasteiger partial charge on any atom is 0.354 e. The van der Waals surface area contributed by atoms with Gasteiger partial charge in [-0.1, -0.05) is 17.7 Å². The molecule has 1 heterocycles. The van der Waals surface area contributed by atoms with Crippen molar-refractivity contribution in [1.29, 1.82) is 0 Å². The number of hydrogen-bond donors (Lipinski definition) is 2. The number of rotatable bonds is 3. The minimum Gasteiger partial charge on any atom is -0.477 e. The molecular formula is C14H11ClN2O3. The molecule has 1 amide bonds. The molecule has 2 rings (SSSR count). The number of aryl methyl sites for hydroxylation is 1. The summed E-state index contributed by atoms with van der Waals surface area (Å²) in [5, 5.41) is 11.9. The minimum atomic E-state index is -1.15. The first-order valence-electron chi connectivity index (χ1n) is 5.74. The molecule has 0 unspecified atom stereocenters. The maximum absolute atomic E-state index is 12.1. The highest BCUT2D eigenvalue weighted by Gasteiger charge is 2.11. The number of anilines is 1. The number of benzene rings is 1. The van der Waals surface area contributed by atoms with Gasteiger partial charge in [0.2, 0.25) is 0 Å². The van der Waals surface area contributed by atoms with E-state index in [0.29, 0.717) is 16.3 Å². The Morgan fingerprint density at radius 3 is 2.70 bits per heavy atom. The topological polar surface area (TPSA) is 79.3 Å². The number of hydrogen-bond acceptors (Lipinski definition) is 3. The molecule has 2 aromatic rings. The zero-order valence-electron chi connectivity index (χ0n) is 10.6. The van der Waals surface area contributed by atoms with Gasteiger partial charge in [-0.15, -0.1) is 0 Å². The van der Waals surface area contributed by atoms with E-state index in [2.05, 4.69) is 10.3 Å². The lowest BCUT2D eigenvalue weighted by atomic mass is 10.1. The Labute approximate surface area is 120 Å². The fourth-order valence-corrected chi connectivity index (χ4v) is 1.83. The average molecular weight is 291 g/mol. The van der Waals surface area contributed by atoms with Crippen LogP contribution < -0.4 is 5.32 Å². The van der Waals surface area contributed by atoms with Gasteiger partial charge in [0, 0.05) is 22.5 Å². The zero-order chi connectivity index (χ0) is 14.7. The van der Waals surface area contributed by atoms with Crippen molar-refractivity contribution in [2.45, 2.75) is 6.92 Å². The molecule has 0 saturated carbocycles. The molecule has 0 bridgehead atoms. The molecule has 102 valence electrons. The standard InChI is InChI=1S/C14H11ClN2O3/c1-8-2-3-9(15)6-11(8)13(18)17-10-4-5-16-12(7-10)14(19)20/h2-7H,1H3,(H,19,20)(H,16,17,18). The molecule has 0 atom stereocenters. The van der Waals surface area contributed by atoms with Gasteiger partial charge in [0.05, 0.1) is 0 Å². The SMILES string of the molecule is Cc1ccc(Cl)cc1C(=O)Nc1ccnc(C(=O)O)c1. The average Bonchev–Trinajstić information content (AvgIpc) is 2.41. The van der Waals surface area contributed by atoms with Gasteiger partial charge in [-0.3, -0.25) is 4.79 Å². The summed E-state index contributed by atoms with van der Waals surface area (Å²) >= 11 is 5.86. The van der Waals surface area contributed by atoms with Gasteiger partial charge in [0.25, 0.3) is 5.91 Å². The highest BCUT2D eigenvalue weighted by molar-refractivity contribution is 6.31.